The lowest BCUT2D eigenvalue weighted by molar-refractivity contribution is 0.0697. The minimum absolute atomic E-state index is 0.0476. The van der Waals surface area contributed by atoms with E-state index in [2.05, 4.69) is 0 Å². The van der Waals surface area contributed by atoms with E-state index in [9.17, 15) is 18.5 Å². The van der Waals surface area contributed by atoms with Gasteiger partial charge in [-0.3, -0.25) is 0 Å². The highest BCUT2D eigenvalue weighted by molar-refractivity contribution is 7.95. The third-order valence-electron chi connectivity index (χ3n) is 3.04. The molecule has 0 unspecified atom stereocenters. The van der Waals surface area contributed by atoms with Crippen molar-refractivity contribution in [3.63, 3.8) is 0 Å². The van der Waals surface area contributed by atoms with E-state index in [-0.39, 0.29) is 20.5 Å². The van der Waals surface area contributed by atoms with Crippen LogP contribution in [0.1, 0.15) is 15.9 Å². The second kappa shape index (κ2) is 7.05. The van der Waals surface area contributed by atoms with E-state index in [4.69, 9.17) is 28.3 Å². The maximum atomic E-state index is 12.6. The molecule has 2 aromatic carbocycles. The molecule has 0 aliphatic rings. The Labute approximate surface area is 148 Å². The third-order valence-corrected chi connectivity index (χ3v) is 5.42. The number of nitrogens with zero attached hydrogens (tertiary/aromatic N) is 1. The Morgan fingerprint density at radius 2 is 1.75 bits per heavy atom. The lowest BCUT2D eigenvalue weighted by Crippen LogP contribution is -2.04. The molecule has 0 heterocycles. The van der Waals surface area contributed by atoms with Crippen molar-refractivity contribution in [1.82, 2.24) is 0 Å². The van der Waals surface area contributed by atoms with Gasteiger partial charge in [-0.1, -0.05) is 35.3 Å². The lowest BCUT2D eigenvalue weighted by Gasteiger charge is -2.06. The van der Waals surface area contributed by atoms with Gasteiger partial charge < -0.3 is 5.11 Å². The summed E-state index contributed by atoms with van der Waals surface area (Å²) in [6.07, 6.45) is 1.14. The molecule has 2 rings (SSSR count). The van der Waals surface area contributed by atoms with Crippen molar-refractivity contribution in [2.75, 3.05) is 0 Å². The summed E-state index contributed by atoms with van der Waals surface area (Å²) in [5.74, 6) is -1.11. The van der Waals surface area contributed by atoms with E-state index in [1.165, 1.54) is 36.4 Å². The molecule has 0 amide bonds. The van der Waals surface area contributed by atoms with Crippen LogP contribution in [0.15, 0.2) is 52.3 Å². The Morgan fingerprint density at radius 1 is 1.12 bits per heavy atom. The molecule has 1 N–H and O–H groups in total. The Hall–Kier alpha value is -2.33. The number of nitriles is 1. The first-order valence-electron chi connectivity index (χ1n) is 6.41. The fraction of sp³-hybridized carbons (Fsp3) is 0. The minimum Gasteiger partial charge on any atom is -0.478 e. The summed E-state index contributed by atoms with van der Waals surface area (Å²) in [6, 6.07) is 11.0. The summed E-state index contributed by atoms with van der Waals surface area (Å²) < 4.78 is 25.2. The molecule has 2 aromatic rings. The summed E-state index contributed by atoms with van der Waals surface area (Å²) in [7, 11) is -4.16. The summed E-state index contributed by atoms with van der Waals surface area (Å²) in [5, 5.41) is 18.2. The second-order valence-electron chi connectivity index (χ2n) is 4.63. The van der Waals surface area contributed by atoms with Crippen molar-refractivity contribution in [1.29, 1.82) is 5.26 Å². The van der Waals surface area contributed by atoms with Gasteiger partial charge in [0.05, 0.1) is 15.5 Å². The van der Waals surface area contributed by atoms with Crippen LogP contribution >= 0.6 is 23.2 Å². The molecule has 0 spiro atoms. The van der Waals surface area contributed by atoms with Crippen molar-refractivity contribution in [3.05, 3.63) is 68.5 Å². The molecule has 0 atom stereocenters. The molecule has 8 heteroatoms. The predicted molar refractivity (Wildman–Crippen MR) is 90.6 cm³/mol. The van der Waals surface area contributed by atoms with Gasteiger partial charge >= 0.3 is 5.97 Å². The molecule has 0 radical (unpaired) electrons. The molecule has 0 bridgehead atoms. The number of carbonyl (C=O) groups is 1. The van der Waals surface area contributed by atoms with Crippen molar-refractivity contribution in [2.24, 2.45) is 0 Å². The molecule has 0 aliphatic carbocycles. The lowest BCUT2D eigenvalue weighted by atomic mass is 10.1. The molecule has 0 saturated carbocycles. The zero-order chi connectivity index (χ0) is 17.9. The van der Waals surface area contributed by atoms with Crippen LogP contribution in [0.3, 0.4) is 0 Å². The normalized spacial score (nSPS) is 11.8. The molecule has 0 aromatic heterocycles. The number of carboxylic acid groups (broad SMARTS) is 1. The number of benzene rings is 2. The molecule has 0 saturated heterocycles. The second-order valence-corrected chi connectivity index (χ2v) is 7.36. The van der Waals surface area contributed by atoms with E-state index < -0.39 is 20.7 Å². The average Bonchev–Trinajstić information content (AvgIpc) is 2.55. The SMILES string of the molecule is N#CC(=Cc1ccc(C(=O)O)cc1)S(=O)(=O)c1cc(Cl)ccc1Cl. The molecular formula is C16H9Cl2NO4S. The molecule has 0 fully saturated rings. The van der Waals surface area contributed by atoms with E-state index in [1.807, 2.05) is 0 Å². The number of hydrogen-bond donors (Lipinski definition) is 1. The smallest absolute Gasteiger partial charge is 0.335 e. The summed E-state index contributed by atoms with van der Waals surface area (Å²) in [5.41, 5.74) is 0.407. The highest BCUT2D eigenvalue weighted by Crippen LogP contribution is 2.30. The molecule has 122 valence electrons. The predicted octanol–water partition coefficient (Wildman–Crippen LogP) is 4.03. The number of halogens is 2. The van der Waals surface area contributed by atoms with Gasteiger partial charge in [-0.25, -0.2) is 13.2 Å². The van der Waals surface area contributed by atoms with Gasteiger partial charge in [-0.2, -0.15) is 5.26 Å². The van der Waals surface area contributed by atoms with Gasteiger partial charge in [0.1, 0.15) is 11.0 Å². The summed E-state index contributed by atoms with van der Waals surface area (Å²) in [4.78, 5) is 10.0. The van der Waals surface area contributed by atoms with Crippen LogP contribution in [0.25, 0.3) is 6.08 Å². The van der Waals surface area contributed by atoms with Gasteiger partial charge in [0.2, 0.25) is 9.84 Å². The Bertz CT molecular complexity index is 974. The van der Waals surface area contributed by atoms with Gasteiger partial charge in [0.15, 0.2) is 0 Å². The number of rotatable bonds is 4. The first-order valence-corrected chi connectivity index (χ1v) is 8.65. The van der Waals surface area contributed by atoms with Gasteiger partial charge in [0, 0.05) is 5.02 Å². The van der Waals surface area contributed by atoms with Crippen molar-refractivity contribution in [2.45, 2.75) is 4.90 Å². The monoisotopic (exact) mass is 381 g/mol. The van der Waals surface area contributed by atoms with Gasteiger partial charge in [-0.05, 0) is 42.0 Å². The highest BCUT2D eigenvalue weighted by atomic mass is 35.5. The van der Waals surface area contributed by atoms with Crippen LogP contribution in [-0.2, 0) is 9.84 Å². The maximum Gasteiger partial charge on any atom is 0.335 e. The average molecular weight is 382 g/mol. The van der Waals surface area contributed by atoms with Crippen LogP contribution in [0, 0.1) is 11.3 Å². The van der Waals surface area contributed by atoms with Crippen LogP contribution in [-0.4, -0.2) is 19.5 Å². The van der Waals surface area contributed by atoms with E-state index in [0.717, 1.165) is 12.1 Å². The number of aromatic carboxylic acids is 1. The van der Waals surface area contributed by atoms with Gasteiger partial charge in [-0.15, -0.1) is 0 Å². The van der Waals surface area contributed by atoms with Gasteiger partial charge in [0.25, 0.3) is 0 Å². The molecule has 24 heavy (non-hydrogen) atoms. The zero-order valence-corrected chi connectivity index (χ0v) is 14.2. The Morgan fingerprint density at radius 3 is 2.29 bits per heavy atom. The third kappa shape index (κ3) is 3.77. The molecule has 5 nitrogen and oxygen atoms in total. The van der Waals surface area contributed by atoms with Crippen molar-refractivity contribution < 1.29 is 18.3 Å². The Kier molecular flexibility index (Phi) is 5.30. The Balaban J connectivity index is 2.52. The molecular weight excluding hydrogens is 373 g/mol. The van der Waals surface area contributed by atoms with E-state index >= 15 is 0 Å². The quantitative estimate of drug-likeness (QED) is 0.806. The van der Waals surface area contributed by atoms with Crippen LogP contribution in [0.5, 0.6) is 0 Å². The summed E-state index contributed by atoms with van der Waals surface area (Å²) >= 11 is 11.7. The van der Waals surface area contributed by atoms with Crippen LogP contribution in [0.4, 0.5) is 0 Å². The number of carboxylic acids is 1. The van der Waals surface area contributed by atoms with Crippen molar-refractivity contribution >= 4 is 45.1 Å². The van der Waals surface area contributed by atoms with E-state index in [0.29, 0.717) is 5.56 Å². The first kappa shape index (κ1) is 18.0. The number of sulfone groups is 1. The highest BCUT2D eigenvalue weighted by Gasteiger charge is 2.24. The standard InChI is InChI=1S/C16H9Cl2NO4S/c17-12-5-6-14(18)15(8-12)24(22,23)13(9-19)7-10-1-3-11(4-2-10)16(20)21/h1-8H,(H,20,21). The van der Waals surface area contributed by atoms with E-state index in [1.54, 1.807) is 6.07 Å². The maximum absolute atomic E-state index is 12.6. The first-order chi connectivity index (χ1) is 11.3. The number of allylic oxidation sites excluding steroid dienone is 1. The van der Waals surface area contributed by atoms with Crippen LogP contribution < -0.4 is 0 Å². The number of hydrogen-bond acceptors (Lipinski definition) is 4. The minimum atomic E-state index is -4.16. The zero-order valence-electron chi connectivity index (χ0n) is 11.9. The molecule has 0 aliphatic heterocycles. The van der Waals surface area contributed by atoms with Crippen LogP contribution in [0.2, 0.25) is 10.0 Å². The largest absolute Gasteiger partial charge is 0.478 e. The fourth-order valence-electron chi connectivity index (χ4n) is 1.84. The topological polar surface area (TPSA) is 95.2 Å². The van der Waals surface area contributed by atoms with Crippen molar-refractivity contribution in [3.8, 4) is 6.07 Å². The fourth-order valence-corrected chi connectivity index (χ4v) is 3.76. The summed E-state index contributed by atoms with van der Waals surface area (Å²) in [6.45, 7) is 0.